The Labute approximate surface area is 128 Å². The van der Waals surface area contributed by atoms with E-state index < -0.39 is 27.9 Å². The highest BCUT2D eigenvalue weighted by molar-refractivity contribution is 7.89. The first-order valence-corrected chi connectivity index (χ1v) is 8.36. The summed E-state index contributed by atoms with van der Waals surface area (Å²) in [5, 5.41) is 14.3. The van der Waals surface area contributed by atoms with E-state index in [1.807, 2.05) is 0 Å². The number of aliphatic carboxylic acids is 1. The third-order valence-electron chi connectivity index (χ3n) is 3.62. The fourth-order valence-electron chi connectivity index (χ4n) is 2.33. The van der Waals surface area contributed by atoms with Crippen LogP contribution in [0.5, 0.6) is 0 Å². The van der Waals surface area contributed by atoms with Crippen molar-refractivity contribution in [2.75, 3.05) is 0 Å². The van der Waals surface area contributed by atoms with Gasteiger partial charge in [-0.15, -0.1) is 0 Å². The molecule has 8 heteroatoms. The van der Waals surface area contributed by atoms with Crippen LogP contribution in [-0.4, -0.2) is 42.4 Å². The average molecular weight is 326 g/mol. The summed E-state index contributed by atoms with van der Waals surface area (Å²) in [5.74, 6) is -1.75. The van der Waals surface area contributed by atoms with Crippen LogP contribution in [0.1, 0.15) is 35.7 Å². The molecule has 0 aromatic heterocycles. The maximum absolute atomic E-state index is 12.7. The largest absolute Gasteiger partial charge is 0.480 e. The molecule has 1 saturated carbocycles. The summed E-state index contributed by atoms with van der Waals surface area (Å²) in [6.07, 6.45) is 1.42. The standard InChI is InChI=1S/C14H18N2O5S/c1-8-3-6-12(22(15,20)21)11(7-8)13(17)16(10-4-5-10)9(2)14(18)19/h3,6-7,9-10H,4-5H2,1-2H3,(H,18,19)(H2,15,20,21). The smallest absolute Gasteiger partial charge is 0.326 e. The SMILES string of the molecule is Cc1ccc(S(N)(=O)=O)c(C(=O)N(C2CC2)C(C)C(=O)O)c1. The molecule has 0 bridgehead atoms. The van der Waals surface area contributed by atoms with E-state index in [1.165, 1.54) is 24.0 Å². The van der Waals surface area contributed by atoms with Gasteiger partial charge in [-0.05, 0) is 38.8 Å². The van der Waals surface area contributed by atoms with E-state index >= 15 is 0 Å². The van der Waals surface area contributed by atoms with Crippen molar-refractivity contribution in [3.8, 4) is 0 Å². The predicted molar refractivity (Wildman–Crippen MR) is 78.8 cm³/mol. The minimum atomic E-state index is -4.07. The number of carbonyl (C=O) groups excluding carboxylic acids is 1. The van der Waals surface area contributed by atoms with E-state index in [2.05, 4.69) is 0 Å². The first-order chi connectivity index (χ1) is 10.1. The second kappa shape index (κ2) is 5.69. The fraction of sp³-hybridized carbons (Fsp3) is 0.429. The molecule has 1 aliphatic carbocycles. The Morgan fingerprint density at radius 3 is 2.41 bits per heavy atom. The van der Waals surface area contributed by atoms with Gasteiger partial charge in [0, 0.05) is 6.04 Å². The molecule has 0 heterocycles. The van der Waals surface area contributed by atoms with Crippen LogP contribution in [0, 0.1) is 6.92 Å². The lowest BCUT2D eigenvalue weighted by atomic mass is 10.1. The lowest BCUT2D eigenvalue weighted by Gasteiger charge is -2.27. The zero-order chi connectivity index (χ0) is 16.7. The number of hydrogen-bond acceptors (Lipinski definition) is 4. The molecule has 1 aromatic rings. The molecule has 22 heavy (non-hydrogen) atoms. The fourth-order valence-corrected chi connectivity index (χ4v) is 3.04. The molecule has 2 rings (SSSR count). The Bertz CT molecular complexity index is 725. The number of rotatable bonds is 5. The first kappa shape index (κ1) is 16.4. The molecule has 120 valence electrons. The van der Waals surface area contributed by atoms with Gasteiger partial charge >= 0.3 is 5.97 Å². The topological polar surface area (TPSA) is 118 Å². The quantitative estimate of drug-likeness (QED) is 0.826. The Hall–Kier alpha value is -1.93. The molecule has 1 aliphatic rings. The molecule has 7 nitrogen and oxygen atoms in total. The summed E-state index contributed by atoms with van der Waals surface area (Å²) in [5.41, 5.74) is 0.608. The minimum absolute atomic E-state index is 0.0810. The summed E-state index contributed by atoms with van der Waals surface area (Å²) in [6, 6.07) is 3.03. The van der Waals surface area contributed by atoms with E-state index in [0.29, 0.717) is 18.4 Å². The molecule has 3 N–H and O–H groups in total. The van der Waals surface area contributed by atoms with Crippen molar-refractivity contribution in [1.82, 2.24) is 4.90 Å². The number of aryl methyl sites for hydroxylation is 1. The van der Waals surface area contributed by atoms with Crippen LogP contribution in [0.25, 0.3) is 0 Å². The second-order valence-corrected chi connectivity index (χ2v) is 7.03. The highest BCUT2D eigenvalue weighted by Crippen LogP contribution is 2.31. The van der Waals surface area contributed by atoms with Crippen LogP contribution >= 0.6 is 0 Å². The molecule has 1 fully saturated rings. The van der Waals surface area contributed by atoms with Crippen molar-refractivity contribution in [2.45, 2.75) is 43.7 Å². The number of primary sulfonamides is 1. The number of sulfonamides is 1. The van der Waals surface area contributed by atoms with Gasteiger partial charge in [0.1, 0.15) is 6.04 Å². The van der Waals surface area contributed by atoms with E-state index in [0.717, 1.165) is 0 Å². The van der Waals surface area contributed by atoms with Gasteiger partial charge in [-0.1, -0.05) is 11.6 Å². The molecular formula is C14H18N2O5S. The van der Waals surface area contributed by atoms with Crippen LogP contribution in [-0.2, 0) is 14.8 Å². The van der Waals surface area contributed by atoms with Gasteiger partial charge in [0.2, 0.25) is 10.0 Å². The molecule has 0 aliphatic heterocycles. The molecule has 0 saturated heterocycles. The van der Waals surface area contributed by atoms with Crippen LogP contribution in [0.2, 0.25) is 0 Å². The normalized spacial score (nSPS) is 16.1. The third-order valence-corrected chi connectivity index (χ3v) is 4.59. The number of carboxylic acid groups (broad SMARTS) is 1. The van der Waals surface area contributed by atoms with Gasteiger partial charge in [0.05, 0.1) is 10.5 Å². The Morgan fingerprint density at radius 2 is 1.95 bits per heavy atom. The molecule has 1 aromatic carbocycles. The van der Waals surface area contributed by atoms with Crippen LogP contribution < -0.4 is 5.14 Å². The Kier molecular flexibility index (Phi) is 4.25. The summed E-state index contributed by atoms with van der Waals surface area (Å²) in [4.78, 5) is 24.9. The lowest BCUT2D eigenvalue weighted by Crippen LogP contribution is -2.45. The third kappa shape index (κ3) is 3.28. The van der Waals surface area contributed by atoms with E-state index in [1.54, 1.807) is 13.0 Å². The average Bonchev–Trinajstić information content (AvgIpc) is 3.21. The maximum atomic E-state index is 12.7. The van der Waals surface area contributed by atoms with Crippen LogP contribution in [0.3, 0.4) is 0 Å². The van der Waals surface area contributed by atoms with Gasteiger partial charge in [0.15, 0.2) is 0 Å². The van der Waals surface area contributed by atoms with Gasteiger partial charge in [-0.3, -0.25) is 4.79 Å². The first-order valence-electron chi connectivity index (χ1n) is 6.82. The van der Waals surface area contributed by atoms with Gasteiger partial charge in [-0.25, -0.2) is 18.4 Å². The second-order valence-electron chi connectivity index (χ2n) is 5.50. The van der Waals surface area contributed by atoms with Crippen molar-refractivity contribution in [2.24, 2.45) is 5.14 Å². The lowest BCUT2D eigenvalue weighted by molar-refractivity contribution is -0.141. The summed E-state index contributed by atoms with van der Waals surface area (Å²) < 4.78 is 23.3. The Balaban J connectivity index is 2.52. The number of nitrogens with two attached hydrogens (primary N) is 1. The maximum Gasteiger partial charge on any atom is 0.326 e. The molecule has 0 spiro atoms. The van der Waals surface area contributed by atoms with Crippen molar-refractivity contribution in [1.29, 1.82) is 0 Å². The summed E-state index contributed by atoms with van der Waals surface area (Å²) >= 11 is 0. The van der Waals surface area contributed by atoms with Crippen LogP contribution in [0.15, 0.2) is 23.1 Å². The van der Waals surface area contributed by atoms with E-state index in [-0.39, 0.29) is 16.5 Å². The van der Waals surface area contributed by atoms with Gasteiger partial charge in [0.25, 0.3) is 5.91 Å². The number of nitrogens with zero attached hydrogens (tertiary/aromatic N) is 1. The predicted octanol–water partition coefficient (Wildman–Crippen LogP) is 0.720. The monoisotopic (exact) mass is 326 g/mol. The highest BCUT2D eigenvalue weighted by atomic mass is 32.2. The molecule has 1 amide bonds. The number of carboxylic acids is 1. The number of benzene rings is 1. The highest BCUT2D eigenvalue weighted by Gasteiger charge is 2.40. The Morgan fingerprint density at radius 1 is 1.36 bits per heavy atom. The minimum Gasteiger partial charge on any atom is -0.480 e. The zero-order valence-corrected chi connectivity index (χ0v) is 13.1. The van der Waals surface area contributed by atoms with Gasteiger partial charge in [-0.2, -0.15) is 0 Å². The van der Waals surface area contributed by atoms with Crippen molar-refractivity contribution >= 4 is 21.9 Å². The number of hydrogen-bond donors (Lipinski definition) is 2. The van der Waals surface area contributed by atoms with Crippen LogP contribution in [0.4, 0.5) is 0 Å². The zero-order valence-electron chi connectivity index (χ0n) is 12.3. The van der Waals surface area contributed by atoms with Crippen molar-refractivity contribution in [3.05, 3.63) is 29.3 Å². The van der Waals surface area contributed by atoms with E-state index in [4.69, 9.17) is 5.14 Å². The van der Waals surface area contributed by atoms with Crippen molar-refractivity contribution < 1.29 is 23.1 Å². The van der Waals surface area contributed by atoms with E-state index in [9.17, 15) is 23.1 Å². The summed E-state index contributed by atoms with van der Waals surface area (Å²) in [6.45, 7) is 3.12. The molecular weight excluding hydrogens is 308 g/mol. The summed E-state index contributed by atoms with van der Waals surface area (Å²) in [7, 11) is -4.07. The molecule has 0 radical (unpaired) electrons. The number of carbonyl (C=O) groups is 2. The number of amides is 1. The van der Waals surface area contributed by atoms with Gasteiger partial charge < -0.3 is 10.0 Å². The molecule has 1 atom stereocenters. The molecule has 1 unspecified atom stereocenters. The van der Waals surface area contributed by atoms with Crippen molar-refractivity contribution in [3.63, 3.8) is 0 Å².